The van der Waals surface area contributed by atoms with Crippen LogP contribution in [0.25, 0.3) is 10.4 Å². The third kappa shape index (κ3) is 0.598. The van der Waals surface area contributed by atoms with Gasteiger partial charge >= 0.3 is 0 Å². The molecule has 2 N–H and O–H groups in total. The molecule has 0 unspecified atom stereocenters. The van der Waals surface area contributed by atoms with E-state index in [2.05, 4.69) is 4.98 Å². The maximum Gasteiger partial charge on any atom is 0.293 e. The van der Waals surface area contributed by atoms with Crippen LogP contribution in [0.5, 0.6) is 0 Å². The summed E-state index contributed by atoms with van der Waals surface area (Å²) in [4.78, 5) is 4.77. The molecule has 0 bridgehead atoms. The van der Waals surface area contributed by atoms with Crippen molar-refractivity contribution in [1.82, 2.24) is 4.98 Å². The lowest BCUT2D eigenvalue weighted by Gasteiger charge is -1.72. The predicted molar refractivity (Wildman–Crippen MR) is 36.3 cm³/mol. The van der Waals surface area contributed by atoms with Crippen LogP contribution in [0.3, 0.4) is 0 Å². The summed E-state index contributed by atoms with van der Waals surface area (Å²) in [6.07, 6.45) is 0. The smallest absolute Gasteiger partial charge is 0.293 e. The lowest BCUT2D eigenvalue weighted by Crippen LogP contribution is -1.80. The molecule has 9 heavy (non-hydrogen) atoms. The third-order valence-corrected chi connectivity index (χ3v) is 1.82. The van der Waals surface area contributed by atoms with E-state index < -0.39 is 0 Å². The molecule has 3 nitrogen and oxygen atoms in total. The summed E-state index contributed by atoms with van der Waals surface area (Å²) in [5, 5.41) is 1.92. The van der Waals surface area contributed by atoms with Crippen molar-refractivity contribution in [3.05, 3.63) is 11.4 Å². The normalized spacial score (nSPS) is 10.7. The molecule has 0 aromatic carbocycles. The van der Waals surface area contributed by atoms with Gasteiger partial charge in [-0.15, -0.1) is 11.3 Å². The Labute approximate surface area is 55.1 Å². The zero-order valence-electron chi connectivity index (χ0n) is 4.50. The largest absolute Gasteiger partial charge is 0.423 e. The Bertz CT molecular complexity index is 296. The van der Waals surface area contributed by atoms with Crippen LogP contribution >= 0.6 is 11.3 Å². The van der Waals surface area contributed by atoms with Gasteiger partial charge < -0.3 is 10.2 Å². The van der Waals surface area contributed by atoms with E-state index in [9.17, 15) is 0 Å². The first-order valence-corrected chi connectivity index (χ1v) is 3.34. The number of anilines is 1. The molecule has 0 aliphatic heterocycles. The molecular formula is C5H4N2OS. The van der Waals surface area contributed by atoms with E-state index in [1.807, 2.05) is 11.4 Å². The molecule has 4 heteroatoms. The highest BCUT2D eigenvalue weighted by Crippen LogP contribution is 2.21. The zero-order chi connectivity index (χ0) is 6.27. The highest BCUT2D eigenvalue weighted by Gasteiger charge is 2.00. The van der Waals surface area contributed by atoms with Gasteiger partial charge in [0.1, 0.15) is 0 Å². The predicted octanol–water partition coefficient (Wildman–Crippen LogP) is 1.47. The molecule has 0 aliphatic carbocycles. The molecule has 0 radical (unpaired) electrons. The number of hydrogen-bond acceptors (Lipinski definition) is 4. The minimum absolute atomic E-state index is 0.247. The van der Waals surface area contributed by atoms with Gasteiger partial charge in [0.2, 0.25) is 0 Å². The summed E-state index contributed by atoms with van der Waals surface area (Å²) >= 11 is 1.52. The summed E-state index contributed by atoms with van der Waals surface area (Å²) in [7, 11) is 0. The molecule has 2 aromatic heterocycles. The van der Waals surface area contributed by atoms with Gasteiger partial charge in [-0.3, -0.25) is 0 Å². The highest BCUT2D eigenvalue weighted by molar-refractivity contribution is 7.16. The number of rotatable bonds is 0. The van der Waals surface area contributed by atoms with E-state index in [1.165, 1.54) is 11.3 Å². The van der Waals surface area contributed by atoms with Crippen LogP contribution in [0.1, 0.15) is 0 Å². The third-order valence-electron chi connectivity index (χ3n) is 1.04. The Morgan fingerprint density at radius 3 is 3.33 bits per heavy atom. The maximum absolute atomic E-state index is 5.26. The number of hydrogen-bond donors (Lipinski definition) is 1. The minimum atomic E-state index is 0.247. The molecule has 2 rings (SSSR count). The first-order chi connectivity index (χ1) is 4.36. The van der Waals surface area contributed by atoms with E-state index in [0.717, 1.165) is 10.4 Å². The second-order valence-electron chi connectivity index (χ2n) is 1.64. The van der Waals surface area contributed by atoms with Crippen molar-refractivity contribution in [1.29, 1.82) is 0 Å². The number of nitrogens with two attached hydrogens (primary N) is 1. The maximum atomic E-state index is 5.26. The van der Waals surface area contributed by atoms with E-state index in [1.54, 1.807) is 0 Å². The molecule has 0 fully saturated rings. The van der Waals surface area contributed by atoms with Gasteiger partial charge in [-0.1, -0.05) is 0 Å². The molecule has 0 saturated carbocycles. The van der Waals surface area contributed by atoms with Crippen molar-refractivity contribution in [3.63, 3.8) is 0 Å². The highest BCUT2D eigenvalue weighted by atomic mass is 32.1. The quantitative estimate of drug-likeness (QED) is 0.602. The fourth-order valence-electron chi connectivity index (χ4n) is 0.684. The molecule has 0 atom stereocenters. The summed E-state index contributed by atoms with van der Waals surface area (Å²) in [5.41, 5.74) is 6.04. The van der Waals surface area contributed by atoms with Gasteiger partial charge in [0.15, 0.2) is 10.4 Å². The summed E-state index contributed by atoms with van der Waals surface area (Å²) in [6.45, 7) is 0. The Kier molecular flexibility index (Phi) is 0.790. The van der Waals surface area contributed by atoms with E-state index >= 15 is 0 Å². The van der Waals surface area contributed by atoms with Crippen molar-refractivity contribution >= 4 is 27.8 Å². The van der Waals surface area contributed by atoms with Crippen LogP contribution in [-0.4, -0.2) is 4.98 Å². The second-order valence-corrected chi connectivity index (χ2v) is 2.54. The number of nitrogens with zero attached hydrogens (tertiary/aromatic N) is 1. The van der Waals surface area contributed by atoms with Crippen LogP contribution < -0.4 is 5.73 Å². The number of aromatic nitrogens is 1. The Morgan fingerprint density at radius 2 is 2.56 bits per heavy atom. The van der Waals surface area contributed by atoms with Gasteiger partial charge in [0, 0.05) is 0 Å². The SMILES string of the molecule is Nc1nc2sccc2o1. The molecule has 0 aliphatic rings. The number of thiophene rings is 1. The molecule has 0 saturated heterocycles. The molecule has 2 aromatic rings. The van der Waals surface area contributed by atoms with Crippen molar-refractivity contribution < 1.29 is 4.42 Å². The number of nitrogen functional groups attached to an aromatic ring is 1. The molecule has 46 valence electrons. The van der Waals surface area contributed by atoms with Crippen molar-refractivity contribution in [2.45, 2.75) is 0 Å². The molecular weight excluding hydrogens is 136 g/mol. The van der Waals surface area contributed by atoms with E-state index in [4.69, 9.17) is 10.2 Å². The molecule has 2 heterocycles. The van der Waals surface area contributed by atoms with Gasteiger partial charge in [-0.2, -0.15) is 4.98 Å². The monoisotopic (exact) mass is 140 g/mol. The van der Waals surface area contributed by atoms with E-state index in [0.29, 0.717) is 0 Å². The van der Waals surface area contributed by atoms with Crippen LogP contribution in [-0.2, 0) is 0 Å². The van der Waals surface area contributed by atoms with Crippen molar-refractivity contribution in [3.8, 4) is 0 Å². The Hall–Kier alpha value is -1.03. The molecule has 0 amide bonds. The second kappa shape index (κ2) is 1.48. The number of oxazole rings is 1. The Balaban J connectivity index is 2.92. The fourth-order valence-corrected chi connectivity index (χ4v) is 1.37. The van der Waals surface area contributed by atoms with Gasteiger partial charge in [0.25, 0.3) is 6.01 Å². The fraction of sp³-hybridized carbons (Fsp3) is 0. The van der Waals surface area contributed by atoms with Crippen LogP contribution in [0, 0.1) is 0 Å². The van der Waals surface area contributed by atoms with Crippen molar-refractivity contribution in [2.75, 3.05) is 5.73 Å². The van der Waals surface area contributed by atoms with Crippen molar-refractivity contribution in [2.24, 2.45) is 0 Å². The Morgan fingerprint density at radius 1 is 1.67 bits per heavy atom. The first kappa shape index (κ1) is 4.81. The topological polar surface area (TPSA) is 52.0 Å². The van der Waals surface area contributed by atoms with E-state index in [-0.39, 0.29) is 6.01 Å². The summed E-state index contributed by atoms with van der Waals surface area (Å²) in [6, 6.07) is 2.10. The summed E-state index contributed by atoms with van der Waals surface area (Å²) in [5.74, 6) is 0. The van der Waals surface area contributed by atoms with Gasteiger partial charge in [-0.25, -0.2) is 0 Å². The average Bonchev–Trinajstić information content (AvgIpc) is 2.22. The average molecular weight is 140 g/mol. The first-order valence-electron chi connectivity index (χ1n) is 2.46. The lowest BCUT2D eigenvalue weighted by atomic mass is 10.6. The molecule has 0 spiro atoms. The standard InChI is InChI=1S/C5H4N2OS/c6-5-7-4-3(8-5)1-2-9-4/h1-2H,(H2,6,7). The van der Waals surface area contributed by atoms with Crippen LogP contribution in [0.15, 0.2) is 15.9 Å². The minimum Gasteiger partial charge on any atom is -0.423 e. The van der Waals surface area contributed by atoms with Crippen LogP contribution in [0.2, 0.25) is 0 Å². The lowest BCUT2D eigenvalue weighted by molar-refractivity contribution is 0.626. The van der Waals surface area contributed by atoms with Gasteiger partial charge in [-0.05, 0) is 11.4 Å². The number of fused-ring (bicyclic) bond motifs is 1. The summed E-state index contributed by atoms with van der Waals surface area (Å²) < 4.78 is 4.98. The zero-order valence-corrected chi connectivity index (χ0v) is 5.31. The van der Waals surface area contributed by atoms with Crippen LogP contribution in [0.4, 0.5) is 6.01 Å². The van der Waals surface area contributed by atoms with Gasteiger partial charge in [0.05, 0.1) is 0 Å².